The van der Waals surface area contributed by atoms with E-state index < -0.39 is 18.7 Å². The summed E-state index contributed by atoms with van der Waals surface area (Å²) in [5.74, 6) is 0.225. The lowest BCUT2D eigenvalue weighted by molar-refractivity contribution is 0.0544. The molecule has 3 aromatic rings. The highest BCUT2D eigenvalue weighted by Gasteiger charge is 2.32. The van der Waals surface area contributed by atoms with Gasteiger partial charge < -0.3 is 15.0 Å². The second-order valence-corrected chi connectivity index (χ2v) is 7.33. The normalized spacial score (nSPS) is 19.0. The number of likely N-dealkylation sites (tertiary alicyclic amines) is 1. The highest BCUT2D eigenvalue weighted by atomic mass is 19.3. The Bertz CT molecular complexity index is 1030. The fourth-order valence-corrected chi connectivity index (χ4v) is 3.46. The van der Waals surface area contributed by atoms with E-state index in [0.29, 0.717) is 36.5 Å². The average Bonchev–Trinajstić information content (AvgIpc) is 3.26. The van der Waals surface area contributed by atoms with Gasteiger partial charge in [0, 0.05) is 37.0 Å². The monoisotopic (exact) mass is 434 g/mol. The molecule has 1 aromatic carbocycles. The summed E-state index contributed by atoms with van der Waals surface area (Å²) in [4.78, 5) is 17.8. The molecule has 2 unspecified atom stereocenters. The number of anilines is 1. The molecule has 1 saturated heterocycles. The van der Waals surface area contributed by atoms with Crippen molar-refractivity contribution in [2.75, 3.05) is 25.0 Å². The molecule has 2 atom stereocenters. The molecular formula is C20H21F3N6O2. The average molecular weight is 434 g/mol. The minimum absolute atomic E-state index is 0.0607. The fraction of sp³-hybridized carbons (Fsp3) is 0.400. The second kappa shape index (κ2) is 9.19. The summed E-state index contributed by atoms with van der Waals surface area (Å²) < 4.78 is 46.8. The van der Waals surface area contributed by atoms with Gasteiger partial charge in [-0.3, -0.25) is 4.40 Å². The lowest BCUT2D eigenvalue weighted by atomic mass is 9.95. The predicted octanol–water partition coefficient (Wildman–Crippen LogP) is 3.47. The highest BCUT2D eigenvalue weighted by Crippen LogP contribution is 2.23. The van der Waals surface area contributed by atoms with Crippen LogP contribution in [0.3, 0.4) is 0 Å². The van der Waals surface area contributed by atoms with Crippen LogP contribution in [0, 0.1) is 5.92 Å². The fourth-order valence-electron chi connectivity index (χ4n) is 3.46. The number of carbonyl (C=O) groups excluding carboxylic acids is 1. The summed E-state index contributed by atoms with van der Waals surface area (Å²) >= 11 is 0. The van der Waals surface area contributed by atoms with Crippen LogP contribution in [0.1, 0.15) is 24.0 Å². The summed E-state index contributed by atoms with van der Waals surface area (Å²) in [5, 5.41) is 10.9. The van der Waals surface area contributed by atoms with Crippen molar-refractivity contribution < 1.29 is 22.7 Å². The number of ether oxygens (including phenoxy) is 1. The van der Waals surface area contributed by atoms with Crippen LogP contribution in [0.25, 0.3) is 5.65 Å². The summed E-state index contributed by atoms with van der Waals surface area (Å²) in [6.07, 6.45) is 0.938. The van der Waals surface area contributed by atoms with Crippen molar-refractivity contribution in [1.29, 1.82) is 0 Å². The third-order valence-electron chi connectivity index (χ3n) is 5.28. The van der Waals surface area contributed by atoms with E-state index in [2.05, 4.69) is 20.5 Å². The molecule has 1 amide bonds. The number of carbonyl (C=O) groups is 1. The Balaban J connectivity index is 1.25. The maximum atomic E-state index is 14.7. The van der Waals surface area contributed by atoms with Crippen LogP contribution in [0.5, 0.6) is 0 Å². The van der Waals surface area contributed by atoms with Crippen molar-refractivity contribution in [3.05, 3.63) is 54.1 Å². The molecule has 0 saturated carbocycles. The summed E-state index contributed by atoms with van der Waals surface area (Å²) in [5.41, 5.74) is 1.05. The van der Waals surface area contributed by atoms with Crippen molar-refractivity contribution in [1.82, 2.24) is 24.5 Å². The zero-order valence-corrected chi connectivity index (χ0v) is 16.5. The van der Waals surface area contributed by atoms with Gasteiger partial charge in [0.25, 0.3) is 6.43 Å². The van der Waals surface area contributed by atoms with E-state index in [-0.39, 0.29) is 24.6 Å². The number of amides is 1. The zero-order valence-electron chi connectivity index (χ0n) is 16.5. The molecule has 0 bridgehead atoms. The van der Waals surface area contributed by atoms with E-state index >= 15 is 0 Å². The standard InChI is InChI=1S/C20H21F3N6O2/c21-16-10-28(20(30)31-11-13-1-3-14(4-2-13)17(22)23)7-5-15(16)9-25-18-19-27-26-12-29(19)8-6-24-18/h1-4,6,8,12,15-17H,5,7,9-11H2,(H,24,25). The number of alkyl halides is 3. The molecule has 1 aliphatic heterocycles. The first kappa shape index (κ1) is 20.9. The Hall–Kier alpha value is -3.37. The van der Waals surface area contributed by atoms with Crippen molar-refractivity contribution in [3.8, 4) is 0 Å². The molecular weight excluding hydrogens is 413 g/mol. The molecule has 31 heavy (non-hydrogen) atoms. The van der Waals surface area contributed by atoms with E-state index in [4.69, 9.17) is 4.74 Å². The van der Waals surface area contributed by atoms with Crippen LogP contribution >= 0.6 is 0 Å². The Labute approximate surface area is 176 Å². The predicted molar refractivity (Wildman–Crippen MR) is 105 cm³/mol. The number of aromatic nitrogens is 4. The molecule has 2 aromatic heterocycles. The van der Waals surface area contributed by atoms with Crippen molar-refractivity contribution in [2.45, 2.75) is 25.6 Å². The SMILES string of the molecule is O=C(OCc1ccc(C(F)F)cc1)N1CCC(CNc2nccn3cnnc23)C(F)C1. The van der Waals surface area contributed by atoms with Gasteiger partial charge in [-0.2, -0.15) is 0 Å². The van der Waals surface area contributed by atoms with Crippen molar-refractivity contribution in [2.24, 2.45) is 5.92 Å². The highest BCUT2D eigenvalue weighted by molar-refractivity contribution is 5.68. The lowest BCUT2D eigenvalue weighted by Gasteiger charge is -2.34. The Kier molecular flexibility index (Phi) is 6.19. The van der Waals surface area contributed by atoms with E-state index in [1.165, 1.54) is 29.2 Å². The number of piperidine rings is 1. The first-order valence-electron chi connectivity index (χ1n) is 9.82. The third kappa shape index (κ3) is 4.86. The van der Waals surface area contributed by atoms with Crippen LogP contribution in [-0.2, 0) is 11.3 Å². The molecule has 0 aliphatic carbocycles. The number of benzene rings is 1. The van der Waals surface area contributed by atoms with Gasteiger partial charge in [-0.05, 0) is 12.0 Å². The van der Waals surface area contributed by atoms with Crippen molar-refractivity contribution in [3.63, 3.8) is 0 Å². The Morgan fingerprint density at radius 2 is 2.10 bits per heavy atom. The largest absolute Gasteiger partial charge is 0.445 e. The summed E-state index contributed by atoms with van der Waals surface area (Å²) in [7, 11) is 0. The molecule has 8 nitrogen and oxygen atoms in total. The summed E-state index contributed by atoms with van der Waals surface area (Å²) in [6, 6.07) is 5.54. The van der Waals surface area contributed by atoms with Crippen LogP contribution in [0.2, 0.25) is 0 Å². The van der Waals surface area contributed by atoms with Crippen LogP contribution in [-0.4, -0.2) is 56.4 Å². The number of halogens is 3. The molecule has 0 radical (unpaired) electrons. The molecule has 3 heterocycles. The number of hydrogen-bond donors (Lipinski definition) is 1. The van der Waals surface area contributed by atoms with E-state index in [1.807, 2.05) is 0 Å². The second-order valence-electron chi connectivity index (χ2n) is 7.33. The quantitative estimate of drug-likeness (QED) is 0.640. The first-order chi connectivity index (χ1) is 15.0. The van der Waals surface area contributed by atoms with E-state index in [1.54, 1.807) is 23.1 Å². The molecule has 11 heteroatoms. The van der Waals surface area contributed by atoms with Gasteiger partial charge in [-0.1, -0.05) is 24.3 Å². The van der Waals surface area contributed by atoms with Gasteiger partial charge in [-0.15, -0.1) is 10.2 Å². The molecule has 1 fully saturated rings. The van der Waals surface area contributed by atoms with Crippen LogP contribution < -0.4 is 5.32 Å². The maximum Gasteiger partial charge on any atom is 0.410 e. The minimum atomic E-state index is -2.55. The molecule has 4 rings (SSSR count). The number of fused-ring (bicyclic) bond motifs is 1. The minimum Gasteiger partial charge on any atom is -0.445 e. The maximum absolute atomic E-state index is 14.7. The van der Waals surface area contributed by atoms with Gasteiger partial charge in [0.05, 0.1) is 6.54 Å². The Morgan fingerprint density at radius 1 is 1.29 bits per heavy atom. The third-order valence-corrected chi connectivity index (χ3v) is 5.28. The number of rotatable bonds is 6. The summed E-state index contributed by atoms with van der Waals surface area (Å²) in [6.45, 7) is 0.575. The topological polar surface area (TPSA) is 84.7 Å². The van der Waals surface area contributed by atoms with E-state index in [9.17, 15) is 18.0 Å². The van der Waals surface area contributed by atoms with Gasteiger partial charge in [-0.25, -0.2) is 22.9 Å². The molecule has 1 N–H and O–H groups in total. The van der Waals surface area contributed by atoms with Crippen molar-refractivity contribution >= 4 is 17.6 Å². The van der Waals surface area contributed by atoms with E-state index in [0.717, 1.165) is 0 Å². The number of hydrogen-bond acceptors (Lipinski definition) is 6. The van der Waals surface area contributed by atoms with Gasteiger partial charge in [0.1, 0.15) is 19.1 Å². The van der Waals surface area contributed by atoms with Crippen LogP contribution in [0.15, 0.2) is 43.0 Å². The van der Waals surface area contributed by atoms with Gasteiger partial charge in [0.15, 0.2) is 5.82 Å². The first-order valence-corrected chi connectivity index (χ1v) is 9.82. The Morgan fingerprint density at radius 3 is 2.84 bits per heavy atom. The van der Waals surface area contributed by atoms with Gasteiger partial charge in [0.2, 0.25) is 5.65 Å². The number of nitrogens with one attached hydrogen (secondary N) is 1. The van der Waals surface area contributed by atoms with Gasteiger partial charge >= 0.3 is 6.09 Å². The molecule has 0 spiro atoms. The van der Waals surface area contributed by atoms with Crippen LogP contribution in [0.4, 0.5) is 23.8 Å². The number of nitrogens with zero attached hydrogens (tertiary/aromatic N) is 5. The zero-order chi connectivity index (χ0) is 21.8. The lowest BCUT2D eigenvalue weighted by Crippen LogP contribution is -2.46. The molecule has 1 aliphatic rings. The molecule has 164 valence electrons. The smallest absolute Gasteiger partial charge is 0.410 e.